The number of hydrogen-bond acceptors (Lipinski definition) is 2. The minimum absolute atomic E-state index is 0.171. The average molecular weight is 340 g/mol. The molecule has 2 aromatic rings. The molecule has 1 heterocycles. The molecule has 0 spiro atoms. The summed E-state index contributed by atoms with van der Waals surface area (Å²) in [5.41, 5.74) is 1.35. The van der Waals surface area contributed by atoms with E-state index in [4.69, 9.17) is 0 Å². The largest absolute Gasteiger partial charge is 0.366 e. The molecule has 0 bridgehead atoms. The average Bonchev–Trinajstić information content (AvgIpc) is 2.62. The van der Waals surface area contributed by atoms with Crippen molar-refractivity contribution in [3.8, 4) is 0 Å². The number of hydrogen-bond donors (Lipinski definition) is 0. The molecule has 2 aromatic carbocycles. The molecule has 0 N–H and O–H groups in total. The number of carbonyl (C=O) groups excluding carboxylic acids is 1. The van der Waals surface area contributed by atoms with Gasteiger partial charge in [-0.25, -0.2) is 4.39 Å². The van der Waals surface area contributed by atoms with Crippen molar-refractivity contribution >= 4 is 11.6 Å². The highest BCUT2D eigenvalue weighted by molar-refractivity contribution is 5.82. The van der Waals surface area contributed by atoms with Crippen molar-refractivity contribution in [2.45, 2.75) is 20.3 Å². The van der Waals surface area contributed by atoms with Crippen molar-refractivity contribution in [2.24, 2.45) is 5.41 Å². The minimum atomic E-state index is -0.443. The van der Waals surface area contributed by atoms with Gasteiger partial charge in [-0.1, -0.05) is 56.3 Å². The van der Waals surface area contributed by atoms with E-state index in [-0.39, 0.29) is 11.7 Å². The molecule has 0 aromatic heterocycles. The van der Waals surface area contributed by atoms with E-state index in [0.29, 0.717) is 31.9 Å². The Morgan fingerprint density at radius 3 is 2.20 bits per heavy atom. The molecular weight excluding hydrogens is 315 g/mol. The third-order valence-electron chi connectivity index (χ3n) is 4.83. The molecule has 0 unspecified atom stereocenters. The van der Waals surface area contributed by atoms with Crippen LogP contribution in [0.1, 0.15) is 19.4 Å². The van der Waals surface area contributed by atoms with E-state index in [0.717, 1.165) is 6.42 Å². The maximum Gasteiger partial charge on any atom is 0.228 e. The van der Waals surface area contributed by atoms with E-state index in [1.165, 1.54) is 11.6 Å². The minimum Gasteiger partial charge on any atom is -0.366 e. The fourth-order valence-electron chi connectivity index (χ4n) is 3.47. The van der Waals surface area contributed by atoms with Crippen LogP contribution in [0, 0.1) is 11.2 Å². The lowest BCUT2D eigenvalue weighted by Gasteiger charge is -2.39. The van der Waals surface area contributed by atoms with Crippen LogP contribution in [0.2, 0.25) is 0 Å². The predicted octanol–water partition coefficient (Wildman–Crippen LogP) is 3.74. The summed E-state index contributed by atoms with van der Waals surface area (Å²) in [5.74, 6) is -0.0313. The van der Waals surface area contributed by atoms with Gasteiger partial charge in [-0.3, -0.25) is 4.79 Å². The second kappa shape index (κ2) is 7.26. The monoisotopic (exact) mass is 340 g/mol. The SMILES string of the molecule is CC(C)(Cc1ccccc1)C(=O)N1CCN(c2ccccc2F)CC1. The number of rotatable bonds is 4. The quantitative estimate of drug-likeness (QED) is 0.846. The fourth-order valence-corrected chi connectivity index (χ4v) is 3.47. The third kappa shape index (κ3) is 4.01. The first kappa shape index (κ1) is 17.5. The molecule has 0 atom stereocenters. The summed E-state index contributed by atoms with van der Waals surface area (Å²) in [5, 5.41) is 0. The zero-order chi connectivity index (χ0) is 17.9. The Bertz CT molecular complexity index is 722. The van der Waals surface area contributed by atoms with E-state index >= 15 is 0 Å². The van der Waals surface area contributed by atoms with E-state index < -0.39 is 5.41 Å². The van der Waals surface area contributed by atoms with E-state index in [2.05, 4.69) is 12.1 Å². The summed E-state index contributed by atoms with van der Waals surface area (Å²) < 4.78 is 13.9. The molecule has 1 amide bonds. The molecule has 1 saturated heterocycles. The number of piperazine rings is 1. The number of anilines is 1. The summed E-state index contributed by atoms with van der Waals surface area (Å²) in [7, 11) is 0. The topological polar surface area (TPSA) is 23.6 Å². The van der Waals surface area contributed by atoms with Crippen LogP contribution in [0.5, 0.6) is 0 Å². The van der Waals surface area contributed by atoms with Gasteiger partial charge in [0.1, 0.15) is 5.82 Å². The molecule has 1 aliphatic heterocycles. The number of amides is 1. The van der Waals surface area contributed by atoms with Crippen molar-refractivity contribution in [2.75, 3.05) is 31.1 Å². The van der Waals surface area contributed by atoms with Crippen molar-refractivity contribution in [1.29, 1.82) is 0 Å². The van der Waals surface area contributed by atoms with Gasteiger partial charge >= 0.3 is 0 Å². The first-order valence-electron chi connectivity index (χ1n) is 8.80. The summed E-state index contributed by atoms with van der Waals surface area (Å²) >= 11 is 0. The summed E-state index contributed by atoms with van der Waals surface area (Å²) in [6.07, 6.45) is 0.722. The molecule has 3 rings (SSSR count). The standard InChI is InChI=1S/C21H25FN2O/c1-21(2,16-17-8-4-3-5-9-17)20(25)24-14-12-23(13-15-24)19-11-7-6-10-18(19)22/h3-11H,12-16H2,1-2H3. The van der Waals surface area contributed by atoms with Crippen LogP contribution in [-0.4, -0.2) is 37.0 Å². The highest BCUT2D eigenvalue weighted by Crippen LogP contribution is 2.26. The Hall–Kier alpha value is -2.36. The summed E-state index contributed by atoms with van der Waals surface area (Å²) in [4.78, 5) is 16.9. The molecule has 0 saturated carbocycles. The number of carbonyl (C=O) groups is 1. The van der Waals surface area contributed by atoms with E-state index in [1.807, 2.05) is 47.9 Å². The molecule has 132 valence electrons. The van der Waals surface area contributed by atoms with Crippen molar-refractivity contribution < 1.29 is 9.18 Å². The Morgan fingerprint density at radius 1 is 0.960 bits per heavy atom. The van der Waals surface area contributed by atoms with Gasteiger partial charge in [0, 0.05) is 31.6 Å². The maximum absolute atomic E-state index is 13.9. The maximum atomic E-state index is 13.9. The van der Waals surface area contributed by atoms with Gasteiger partial charge in [-0.05, 0) is 24.1 Å². The van der Waals surface area contributed by atoms with E-state index in [9.17, 15) is 9.18 Å². The van der Waals surface area contributed by atoms with Crippen LogP contribution in [0.3, 0.4) is 0 Å². The van der Waals surface area contributed by atoms with Crippen LogP contribution in [-0.2, 0) is 11.2 Å². The van der Waals surface area contributed by atoms with Crippen LogP contribution in [0.15, 0.2) is 54.6 Å². The lowest BCUT2D eigenvalue weighted by Crippen LogP contribution is -2.52. The molecule has 3 nitrogen and oxygen atoms in total. The lowest BCUT2D eigenvalue weighted by atomic mass is 9.84. The van der Waals surface area contributed by atoms with Gasteiger partial charge in [0.05, 0.1) is 5.69 Å². The van der Waals surface area contributed by atoms with Crippen LogP contribution in [0.4, 0.5) is 10.1 Å². The zero-order valence-electron chi connectivity index (χ0n) is 14.9. The Labute approximate surface area is 149 Å². The van der Waals surface area contributed by atoms with E-state index in [1.54, 1.807) is 12.1 Å². The number of halogens is 1. The van der Waals surface area contributed by atoms with Gasteiger partial charge in [0.15, 0.2) is 0 Å². The first-order valence-corrected chi connectivity index (χ1v) is 8.80. The molecular formula is C21H25FN2O. The number of benzene rings is 2. The van der Waals surface area contributed by atoms with Gasteiger partial charge in [0.25, 0.3) is 0 Å². The number of para-hydroxylation sites is 1. The third-order valence-corrected chi connectivity index (χ3v) is 4.83. The van der Waals surface area contributed by atoms with Crippen LogP contribution in [0.25, 0.3) is 0 Å². The fraction of sp³-hybridized carbons (Fsp3) is 0.381. The lowest BCUT2D eigenvalue weighted by molar-refractivity contribution is -0.140. The normalized spacial score (nSPS) is 15.3. The van der Waals surface area contributed by atoms with Crippen LogP contribution >= 0.6 is 0 Å². The van der Waals surface area contributed by atoms with Crippen molar-refractivity contribution in [1.82, 2.24) is 4.90 Å². The molecule has 0 aliphatic carbocycles. The predicted molar refractivity (Wildman–Crippen MR) is 99.1 cm³/mol. The highest BCUT2D eigenvalue weighted by Gasteiger charge is 2.34. The molecule has 1 fully saturated rings. The summed E-state index contributed by atoms with van der Waals surface area (Å²) in [6, 6.07) is 16.9. The van der Waals surface area contributed by atoms with Gasteiger partial charge in [0.2, 0.25) is 5.91 Å². The number of nitrogens with zero attached hydrogens (tertiary/aromatic N) is 2. The second-order valence-electron chi connectivity index (χ2n) is 7.28. The Morgan fingerprint density at radius 2 is 1.56 bits per heavy atom. The molecule has 4 heteroatoms. The van der Waals surface area contributed by atoms with Crippen molar-refractivity contribution in [3.05, 3.63) is 66.0 Å². The van der Waals surface area contributed by atoms with Gasteiger partial charge in [-0.15, -0.1) is 0 Å². The molecule has 0 radical (unpaired) electrons. The van der Waals surface area contributed by atoms with Gasteiger partial charge in [-0.2, -0.15) is 0 Å². The van der Waals surface area contributed by atoms with Gasteiger partial charge < -0.3 is 9.80 Å². The smallest absolute Gasteiger partial charge is 0.228 e. The second-order valence-corrected chi connectivity index (χ2v) is 7.28. The Balaban J connectivity index is 1.62. The zero-order valence-corrected chi connectivity index (χ0v) is 14.9. The summed E-state index contributed by atoms with van der Waals surface area (Å²) in [6.45, 7) is 6.59. The molecule has 1 aliphatic rings. The Kier molecular flexibility index (Phi) is 5.07. The first-order chi connectivity index (χ1) is 12.0. The molecule has 25 heavy (non-hydrogen) atoms. The van der Waals surface area contributed by atoms with Crippen LogP contribution < -0.4 is 4.90 Å². The highest BCUT2D eigenvalue weighted by atomic mass is 19.1. The van der Waals surface area contributed by atoms with Crippen molar-refractivity contribution in [3.63, 3.8) is 0 Å².